The Morgan fingerprint density at radius 2 is 1.88 bits per heavy atom. The lowest BCUT2D eigenvalue weighted by atomic mass is 10.0. The van der Waals surface area contributed by atoms with Gasteiger partial charge in [0.2, 0.25) is 11.8 Å². The summed E-state index contributed by atoms with van der Waals surface area (Å²) in [6.45, 7) is 0.688. The smallest absolute Gasteiger partial charge is 0.249 e. The Morgan fingerprint density at radius 1 is 1.12 bits per heavy atom. The maximum atomic E-state index is 13.2. The molecule has 2 atom stereocenters. The SMILES string of the molecule is Cn1cc(C#Cc2ccc(NC(=O)[C@@H]3COCCN3C(=O)[C@H](N)c3ccccc3)cc2)c(-c2cc(Cl)ccc2O)n1. The van der Waals surface area contributed by atoms with E-state index < -0.39 is 12.1 Å². The van der Waals surface area contributed by atoms with E-state index in [4.69, 9.17) is 22.1 Å². The first kappa shape index (κ1) is 27.9. The Bertz CT molecular complexity index is 1630. The number of ether oxygens (including phenoxy) is 1. The van der Waals surface area contributed by atoms with Crippen molar-refractivity contribution in [3.8, 4) is 28.8 Å². The number of anilines is 1. The molecule has 2 amide bonds. The van der Waals surface area contributed by atoms with Crippen molar-refractivity contribution < 1.29 is 19.4 Å². The van der Waals surface area contributed by atoms with E-state index in [0.29, 0.717) is 45.3 Å². The Balaban J connectivity index is 1.28. The molecule has 1 aliphatic heterocycles. The minimum absolute atomic E-state index is 0.0573. The third-order valence-electron chi connectivity index (χ3n) is 6.68. The van der Waals surface area contributed by atoms with Crippen LogP contribution in [0.3, 0.4) is 0 Å². The zero-order chi connectivity index (χ0) is 28.9. The molecule has 1 fully saturated rings. The fourth-order valence-corrected chi connectivity index (χ4v) is 4.72. The summed E-state index contributed by atoms with van der Waals surface area (Å²) in [5.74, 6) is 5.56. The van der Waals surface area contributed by atoms with E-state index in [1.807, 2.05) is 18.2 Å². The fraction of sp³-hybridized carbons (Fsp3) is 0.194. The van der Waals surface area contributed by atoms with Crippen molar-refractivity contribution in [2.45, 2.75) is 12.1 Å². The van der Waals surface area contributed by atoms with Crippen molar-refractivity contribution in [1.82, 2.24) is 14.7 Å². The van der Waals surface area contributed by atoms with Crippen LogP contribution < -0.4 is 11.1 Å². The number of benzene rings is 3. The lowest BCUT2D eigenvalue weighted by Gasteiger charge is -2.36. The molecule has 5 rings (SSSR count). The van der Waals surface area contributed by atoms with Crippen LogP contribution in [0.1, 0.15) is 22.7 Å². The van der Waals surface area contributed by atoms with Crippen LogP contribution in [0.15, 0.2) is 79.0 Å². The number of hydrogen-bond donors (Lipinski definition) is 3. The average molecular weight is 570 g/mol. The lowest BCUT2D eigenvalue weighted by molar-refractivity contribution is -0.147. The Kier molecular flexibility index (Phi) is 8.36. The van der Waals surface area contributed by atoms with Gasteiger partial charge in [0, 0.05) is 41.6 Å². The first-order chi connectivity index (χ1) is 19.8. The molecule has 1 saturated heterocycles. The number of nitrogens with one attached hydrogen (secondary N) is 1. The molecule has 0 unspecified atom stereocenters. The van der Waals surface area contributed by atoms with Gasteiger partial charge >= 0.3 is 0 Å². The zero-order valence-corrected chi connectivity index (χ0v) is 23.0. The van der Waals surface area contributed by atoms with Crippen LogP contribution in [0.4, 0.5) is 5.69 Å². The molecule has 4 aromatic rings. The van der Waals surface area contributed by atoms with Gasteiger partial charge in [0.25, 0.3) is 0 Å². The summed E-state index contributed by atoms with van der Waals surface area (Å²) in [4.78, 5) is 27.8. The maximum Gasteiger partial charge on any atom is 0.249 e. The van der Waals surface area contributed by atoms with Gasteiger partial charge in [-0.25, -0.2) is 0 Å². The van der Waals surface area contributed by atoms with E-state index in [0.717, 1.165) is 0 Å². The van der Waals surface area contributed by atoms with Crippen LogP contribution in [0.2, 0.25) is 5.02 Å². The summed E-state index contributed by atoms with van der Waals surface area (Å²) < 4.78 is 7.13. The van der Waals surface area contributed by atoms with Crippen LogP contribution in [0.25, 0.3) is 11.3 Å². The van der Waals surface area contributed by atoms with Gasteiger partial charge in [0.05, 0.1) is 18.8 Å². The number of morpholine rings is 1. The average Bonchev–Trinajstić information content (AvgIpc) is 3.37. The number of hydrogen-bond acceptors (Lipinski definition) is 6. The van der Waals surface area contributed by atoms with Crippen LogP contribution in [0.5, 0.6) is 5.75 Å². The Morgan fingerprint density at radius 3 is 2.63 bits per heavy atom. The topological polar surface area (TPSA) is 123 Å². The summed E-state index contributed by atoms with van der Waals surface area (Å²) in [5.41, 5.74) is 9.80. The first-order valence-electron chi connectivity index (χ1n) is 12.9. The van der Waals surface area contributed by atoms with Crippen molar-refractivity contribution in [3.05, 3.63) is 101 Å². The third kappa shape index (κ3) is 6.42. The molecule has 10 heteroatoms. The number of carbonyl (C=O) groups is 2. The third-order valence-corrected chi connectivity index (χ3v) is 6.91. The molecular weight excluding hydrogens is 542 g/mol. The molecule has 1 aromatic heterocycles. The number of rotatable bonds is 5. The number of carbonyl (C=O) groups excluding carboxylic acids is 2. The van der Waals surface area contributed by atoms with Crippen molar-refractivity contribution in [2.24, 2.45) is 12.8 Å². The van der Waals surface area contributed by atoms with E-state index in [1.54, 1.807) is 66.5 Å². The monoisotopic (exact) mass is 569 g/mol. The van der Waals surface area contributed by atoms with Crippen LogP contribution >= 0.6 is 11.6 Å². The van der Waals surface area contributed by atoms with Gasteiger partial charge < -0.3 is 25.8 Å². The molecule has 41 heavy (non-hydrogen) atoms. The molecule has 3 aromatic carbocycles. The number of nitrogens with zero attached hydrogens (tertiary/aromatic N) is 3. The van der Waals surface area contributed by atoms with Crippen molar-refractivity contribution >= 4 is 29.1 Å². The second-order valence-electron chi connectivity index (χ2n) is 9.55. The molecule has 1 aliphatic rings. The predicted molar refractivity (Wildman–Crippen MR) is 156 cm³/mol. The van der Waals surface area contributed by atoms with E-state index >= 15 is 0 Å². The number of halogens is 1. The molecule has 2 heterocycles. The molecule has 0 saturated carbocycles. The first-order valence-corrected chi connectivity index (χ1v) is 13.3. The standard InChI is InChI=1S/C31H28ClN5O4/c1-36-18-22(29(35-36)25-17-23(32)11-14-27(25)38)10-7-20-8-12-24(13-9-20)34-30(39)26-19-41-16-15-37(26)31(40)28(33)21-5-3-2-4-6-21/h2-6,8-9,11-14,17-18,26,28,38H,15-16,19,33H2,1H3,(H,34,39)/t26-,28+/m0/s1. The summed E-state index contributed by atoms with van der Waals surface area (Å²) >= 11 is 6.12. The van der Waals surface area contributed by atoms with Crippen molar-refractivity contribution in [1.29, 1.82) is 0 Å². The molecular formula is C31H28ClN5O4. The maximum absolute atomic E-state index is 13.2. The second-order valence-corrected chi connectivity index (χ2v) is 9.99. The zero-order valence-electron chi connectivity index (χ0n) is 22.3. The van der Waals surface area contributed by atoms with E-state index in [-0.39, 0.29) is 30.7 Å². The number of phenolic OH excluding ortho intramolecular Hbond substituents is 1. The van der Waals surface area contributed by atoms with Gasteiger partial charge in [0.15, 0.2) is 0 Å². The highest BCUT2D eigenvalue weighted by Crippen LogP contribution is 2.32. The van der Waals surface area contributed by atoms with Gasteiger partial charge in [-0.15, -0.1) is 0 Å². The highest BCUT2D eigenvalue weighted by atomic mass is 35.5. The molecule has 0 radical (unpaired) electrons. The number of aryl methyl sites for hydroxylation is 1. The van der Waals surface area contributed by atoms with Gasteiger partial charge in [-0.3, -0.25) is 14.3 Å². The summed E-state index contributed by atoms with van der Waals surface area (Å²) in [6, 6.07) is 19.2. The number of amides is 2. The minimum Gasteiger partial charge on any atom is -0.507 e. The normalized spacial score (nSPS) is 15.5. The second kappa shape index (κ2) is 12.3. The molecule has 0 bridgehead atoms. The van der Waals surface area contributed by atoms with E-state index in [9.17, 15) is 14.7 Å². The van der Waals surface area contributed by atoms with Gasteiger partial charge in [-0.2, -0.15) is 5.10 Å². The largest absolute Gasteiger partial charge is 0.507 e. The van der Waals surface area contributed by atoms with Gasteiger partial charge in [-0.05, 0) is 48.0 Å². The highest BCUT2D eigenvalue weighted by Gasteiger charge is 2.35. The van der Waals surface area contributed by atoms with Gasteiger partial charge in [-0.1, -0.05) is 53.8 Å². The van der Waals surface area contributed by atoms with Gasteiger partial charge in [0.1, 0.15) is 23.5 Å². The number of aromatic hydroxyl groups is 1. The Hall–Kier alpha value is -4.62. The van der Waals surface area contributed by atoms with E-state index in [1.165, 1.54) is 11.0 Å². The van der Waals surface area contributed by atoms with Crippen LogP contribution in [-0.4, -0.2) is 57.4 Å². The predicted octanol–water partition coefficient (Wildman–Crippen LogP) is 3.71. The van der Waals surface area contributed by atoms with Crippen LogP contribution in [-0.2, 0) is 21.4 Å². The molecule has 9 nitrogen and oxygen atoms in total. The number of phenols is 1. The van der Waals surface area contributed by atoms with E-state index in [2.05, 4.69) is 22.3 Å². The molecule has 0 spiro atoms. The minimum atomic E-state index is -0.870. The number of nitrogens with two attached hydrogens (primary N) is 1. The van der Waals surface area contributed by atoms with Crippen molar-refractivity contribution in [2.75, 3.05) is 25.1 Å². The molecule has 208 valence electrons. The fourth-order valence-electron chi connectivity index (χ4n) is 4.55. The molecule has 4 N–H and O–H groups in total. The number of aromatic nitrogens is 2. The lowest BCUT2D eigenvalue weighted by Crippen LogP contribution is -2.56. The Labute approximate surface area is 242 Å². The molecule has 0 aliphatic carbocycles. The summed E-state index contributed by atoms with van der Waals surface area (Å²) in [6.07, 6.45) is 1.76. The van der Waals surface area contributed by atoms with Crippen LogP contribution in [0, 0.1) is 11.8 Å². The highest BCUT2D eigenvalue weighted by molar-refractivity contribution is 6.31. The summed E-state index contributed by atoms with van der Waals surface area (Å²) in [7, 11) is 1.77. The van der Waals surface area contributed by atoms with Crippen molar-refractivity contribution in [3.63, 3.8) is 0 Å². The quantitative estimate of drug-likeness (QED) is 0.315. The summed E-state index contributed by atoms with van der Waals surface area (Å²) in [5, 5.41) is 18.1.